The maximum atomic E-state index is 14.3. The first-order valence-electron chi connectivity index (χ1n) is 11.5. The highest BCUT2D eigenvalue weighted by molar-refractivity contribution is 5.93. The molecular formula is C23H24FN5O10. The Morgan fingerprint density at radius 1 is 1.41 bits per heavy atom. The number of terminal acetylenes is 1. The van der Waals surface area contributed by atoms with Gasteiger partial charge in [-0.05, 0) is 27.7 Å². The lowest BCUT2D eigenvalue weighted by Crippen LogP contribution is -2.43. The van der Waals surface area contributed by atoms with E-state index in [0.29, 0.717) is 0 Å². The Balaban J connectivity index is 1.47. The van der Waals surface area contributed by atoms with Gasteiger partial charge in [0.2, 0.25) is 0 Å². The first-order chi connectivity index (χ1) is 18.3. The number of rotatable bonds is 5. The van der Waals surface area contributed by atoms with Gasteiger partial charge in [-0.25, -0.2) is 19.4 Å². The molecule has 2 aromatic rings. The minimum absolute atomic E-state index is 0.0113. The monoisotopic (exact) mass is 549 g/mol. The number of hydrogen-bond acceptors (Lipinski definition) is 13. The first-order valence-corrected chi connectivity index (χ1v) is 11.5. The quantitative estimate of drug-likeness (QED) is 0.183. The smallest absolute Gasteiger partial charge is 0.444 e. The number of hydrogen-bond donors (Lipinski definition) is 2. The van der Waals surface area contributed by atoms with Gasteiger partial charge in [0, 0.05) is 6.42 Å². The number of halogens is 1. The number of anilines is 1. The molecule has 2 saturated heterocycles. The van der Waals surface area contributed by atoms with E-state index in [1.807, 2.05) is 0 Å². The van der Waals surface area contributed by atoms with Gasteiger partial charge in [-0.1, -0.05) is 5.92 Å². The van der Waals surface area contributed by atoms with Gasteiger partial charge in [-0.3, -0.25) is 9.88 Å². The molecule has 4 heterocycles. The number of fused-ring (bicyclic) bond motifs is 1. The summed E-state index contributed by atoms with van der Waals surface area (Å²) >= 11 is 0. The van der Waals surface area contributed by atoms with Crippen molar-refractivity contribution in [2.45, 2.75) is 63.8 Å². The van der Waals surface area contributed by atoms with Gasteiger partial charge in [-0.2, -0.15) is 14.4 Å². The van der Waals surface area contributed by atoms with Gasteiger partial charge in [0.15, 0.2) is 34.4 Å². The van der Waals surface area contributed by atoms with E-state index in [0.717, 1.165) is 6.26 Å². The molecule has 0 aliphatic carbocycles. The lowest BCUT2D eigenvalue weighted by atomic mass is 9.99. The van der Waals surface area contributed by atoms with E-state index in [1.165, 1.54) is 17.8 Å². The molecule has 16 heteroatoms. The number of carbonyl (C=O) groups is 3. The molecule has 4 rings (SSSR count). The Morgan fingerprint density at radius 3 is 2.79 bits per heavy atom. The van der Waals surface area contributed by atoms with Crippen LogP contribution in [0.1, 0.15) is 40.3 Å². The fourth-order valence-electron chi connectivity index (χ4n) is 3.64. The number of amides is 1. The third kappa shape index (κ3) is 5.99. The summed E-state index contributed by atoms with van der Waals surface area (Å²) in [6.45, 7) is 5.83. The minimum Gasteiger partial charge on any atom is -0.444 e. The van der Waals surface area contributed by atoms with E-state index in [9.17, 15) is 23.9 Å². The zero-order chi connectivity index (χ0) is 28.5. The van der Waals surface area contributed by atoms with Gasteiger partial charge in [0.1, 0.15) is 30.8 Å². The number of carbonyl (C=O) groups excluding carboxylic acids is 3. The van der Waals surface area contributed by atoms with Crippen molar-refractivity contribution >= 4 is 35.4 Å². The summed E-state index contributed by atoms with van der Waals surface area (Å²) in [4.78, 5) is 46.7. The van der Waals surface area contributed by atoms with Crippen molar-refractivity contribution in [3.8, 4) is 12.3 Å². The highest BCUT2D eigenvalue weighted by atomic mass is 19.1. The van der Waals surface area contributed by atoms with Gasteiger partial charge in [-0.15, -0.1) is 6.42 Å². The molecule has 0 saturated carbocycles. The van der Waals surface area contributed by atoms with Crippen LogP contribution < -0.4 is 5.32 Å². The summed E-state index contributed by atoms with van der Waals surface area (Å²) in [6.07, 6.45) is 0.188. The Morgan fingerprint density at radius 2 is 2.15 bits per heavy atom. The summed E-state index contributed by atoms with van der Waals surface area (Å²) < 4.78 is 45.8. The molecule has 0 bridgehead atoms. The Labute approximate surface area is 220 Å². The Bertz CT molecular complexity index is 1380. The SMILES string of the molecule is C#C[C@]1(COC(=O)OC=C2OC(=O)OC2C)O[C@@H](n2cnc3c(NC(=O)OC(C)(C)C)nc(F)nc32)C[C@@H]1O. The van der Waals surface area contributed by atoms with Crippen LogP contribution in [0.15, 0.2) is 18.3 Å². The van der Waals surface area contributed by atoms with Gasteiger partial charge < -0.3 is 33.5 Å². The molecule has 2 N–H and O–H groups in total. The zero-order valence-corrected chi connectivity index (χ0v) is 21.2. The summed E-state index contributed by atoms with van der Waals surface area (Å²) in [5, 5.41) is 13.0. The highest BCUT2D eigenvalue weighted by Gasteiger charge is 2.49. The van der Waals surface area contributed by atoms with Gasteiger partial charge >= 0.3 is 24.5 Å². The van der Waals surface area contributed by atoms with Crippen LogP contribution in [-0.2, 0) is 28.4 Å². The molecule has 2 aliphatic heterocycles. The summed E-state index contributed by atoms with van der Waals surface area (Å²) in [5.41, 5.74) is -2.69. The third-order valence-electron chi connectivity index (χ3n) is 5.43. The fourth-order valence-corrected chi connectivity index (χ4v) is 3.64. The van der Waals surface area contributed by atoms with Crippen LogP contribution >= 0.6 is 0 Å². The van der Waals surface area contributed by atoms with Crippen molar-refractivity contribution in [1.29, 1.82) is 0 Å². The lowest BCUT2D eigenvalue weighted by Gasteiger charge is -2.25. The number of aliphatic hydroxyl groups is 1. The molecule has 2 aliphatic rings. The van der Waals surface area contributed by atoms with Crippen LogP contribution in [0.4, 0.5) is 24.6 Å². The summed E-state index contributed by atoms with van der Waals surface area (Å²) in [5.74, 6) is 1.98. The molecule has 0 radical (unpaired) electrons. The molecule has 4 atom stereocenters. The van der Waals surface area contributed by atoms with Crippen LogP contribution in [0.2, 0.25) is 0 Å². The number of nitrogens with zero attached hydrogens (tertiary/aromatic N) is 4. The van der Waals surface area contributed by atoms with E-state index in [2.05, 4.69) is 26.2 Å². The maximum absolute atomic E-state index is 14.3. The van der Waals surface area contributed by atoms with Crippen molar-refractivity contribution in [2.75, 3.05) is 11.9 Å². The first kappa shape index (κ1) is 27.5. The molecule has 0 spiro atoms. The molecule has 1 unspecified atom stereocenters. The lowest BCUT2D eigenvalue weighted by molar-refractivity contribution is -0.0959. The van der Waals surface area contributed by atoms with E-state index in [1.54, 1.807) is 20.8 Å². The van der Waals surface area contributed by atoms with E-state index in [4.69, 9.17) is 34.8 Å². The Hall–Kier alpha value is -4.49. The number of imidazole rings is 1. The molecule has 1 amide bonds. The average Bonchev–Trinajstić information content (AvgIpc) is 3.49. The van der Waals surface area contributed by atoms with Crippen LogP contribution in [-0.4, -0.2) is 73.0 Å². The normalized spacial score (nSPS) is 25.6. The molecule has 2 aromatic heterocycles. The molecule has 2 fully saturated rings. The summed E-state index contributed by atoms with van der Waals surface area (Å²) in [7, 11) is 0. The molecule has 208 valence electrons. The van der Waals surface area contributed by atoms with E-state index < -0.39 is 60.7 Å². The number of ether oxygens (including phenoxy) is 6. The molecule has 0 aromatic carbocycles. The van der Waals surface area contributed by atoms with Crippen molar-refractivity contribution < 1.29 is 52.3 Å². The second-order valence-electron chi connectivity index (χ2n) is 9.44. The number of aliphatic hydroxyl groups excluding tert-OH is 1. The molecule has 15 nitrogen and oxygen atoms in total. The molecule has 39 heavy (non-hydrogen) atoms. The predicted octanol–water partition coefficient (Wildman–Crippen LogP) is 2.51. The predicted molar refractivity (Wildman–Crippen MR) is 125 cm³/mol. The largest absolute Gasteiger partial charge is 0.514 e. The van der Waals surface area contributed by atoms with Crippen molar-refractivity contribution in [1.82, 2.24) is 19.5 Å². The van der Waals surface area contributed by atoms with Gasteiger partial charge in [0.25, 0.3) is 0 Å². The van der Waals surface area contributed by atoms with Gasteiger partial charge in [0.05, 0.1) is 6.33 Å². The Kier molecular flexibility index (Phi) is 7.31. The van der Waals surface area contributed by atoms with E-state index >= 15 is 0 Å². The van der Waals surface area contributed by atoms with Crippen molar-refractivity contribution in [3.63, 3.8) is 0 Å². The molecular weight excluding hydrogens is 525 g/mol. The fraction of sp³-hybridized carbons (Fsp3) is 0.478. The van der Waals surface area contributed by atoms with E-state index in [-0.39, 0.29) is 29.2 Å². The van der Waals surface area contributed by atoms with Crippen LogP contribution in [0.3, 0.4) is 0 Å². The van der Waals surface area contributed by atoms with Crippen molar-refractivity contribution in [3.05, 3.63) is 24.4 Å². The van der Waals surface area contributed by atoms with Crippen LogP contribution in [0.5, 0.6) is 0 Å². The zero-order valence-electron chi connectivity index (χ0n) is 21.2. The number of aromatic nitrogens is 4. The topological polar surface area (TPSA) is 182 Å². The highest BCUT2D eigenvalue weighted by Crippen LogP contribution is 2.38. The average molecular weight is 549 g/mol. The summed E-state index contributed by atoms with van der Waals surface area (Å²) in [6, 6.07) is 0. The maximum Gasteiger partial charge on any atom is 0.514 e. The standard InChI is InChI=1S/C23H24FN5O10/c1-6-23(9-35-20(32)34-8-12-11(2)36-21(33)37-12)13(30)7-14(38-23)29-10-25-15-16(26-18(24)28-17(15)29)27-19(31)39-22(3,4)5/h1,8,10-11,13-14,30H,7,9H2,2-5H3,(H,26,27,28,31)/t11?,13-,14+,23+/m0/s1. The second-order valence-corrected chi connectivity index (χ2v) is 9.44. The number of nitrogens with one attached hydrogen (secondary N) is 1. The third-order valence-corrected chi connectivity index (χ3v) is 5.43. The van der Waals surface area contributed by atoms with Crippen LogP contribution in [0.25, 0.3) is 11.2 Å². The number of cyclic esters (lactones) is 2. The minimum atomic E-state index is -1.81. The second kappa shape index (κ2) is 10.3. The van der Waals surface area contributed by atoms with Crippen molar-refractivity contribution in [2.24, 2.45) is 0 Å². The van der Waals surface area contributed by atoms with Crippen LogP contribution in [0, 0.1) is 18.4 Å².